The molecule has 0 aliphatic rings. The van der Waals surface area contributed by atoms with Crippen molar-refractivity contribution in [2.45, 2.75) is 0 Å². The Bertz CT molecular complexity index is 5560. The van der Waals surface area contributed by atoms with E-state index in [-0.39, 0.29) is 0 Å². The summed E-state index contributed by atoms with van der Waals surface area (Å²) in [6, 6.07) is 140. The van der Waals surface area contributed by atoms with Crippen molar-refractivity contribution in [2.24, 2.45) is 0 Å². The van der Waals surface area contributed by atoms with E-state index in [1.807, 2.05) is 0 Å². The summed E-state index contributed by atoms with van der Waals surface area (Å²) in [6.45, 7) is 0. The van der Waals surface area contributed by atoms with Gasteiger partial charge in [0.2, 0.25) is 0 Å². The van der Waals surface area contributed by atoms with Crippen LogP contribution in [0, 0.1) is 0 Å². The maximum atomic E-state index is 2.53. The summed E-state index contributed by atoms with van der Waals surface area (Å²) in [5.41, 5.74) is 12.6. The molecule has 0 spiro atoms. The fraction of sp³-hybridized carbons (Fsp3) is 0. The summed E-state index contributed by atoms with van der Waals surface area (Å²) >= 11 is 0. The molecule has 0 heterocycles. The zero-order chi connectivity index (χ0) is 65.8. The Labute approximate surface area is 578 Å². The smallest absolute Gasteiger partial charge is 0.0561 e. The van der Waals surface area contributed by atoms with Crippen molar-refractivity contribution in [1.82, 2.24) is 0 Å². The molecule has 0 bridgehead atoms. The standard InChI is InChI=1S/C96H62N4/c1-9-25-71-53-79(41-33-63(71)17-1)97(80-42-34-64-18-2-10-26-72(64)54-80)91-61-92(98(81-43-35-65-19-3-11-27-73(65)55-81)82-44-36-66-20-4-12-28-74(66)56-82)88-51-52-90-94(100(85-47-39-69-23-7-15-31-77(69)59-85)86-48-40-70-24-8-16-32-78(70)60-86)62-93(89-50-49-87(91)95(88)96(89)90)99(83-45-37-67-21-5-13-29-75(67)57-83)84-46-38-68-22-6-14-30-76(68)58-84/h1-62H. The van der Waals surface area contributed by atoms with Crippen LogP contribution in [0.2, 0.25) is 0 Å². The Balaban J connectivity index is 0.978. The van der Waals surface area contributed by atoms with Gasteiger partial charge in [0.05, 0.1) is 22.7 Å². The lowest BCUT2D eigenvalue weighted by Gasteiger charge is -2.35. The van der Waals surface area contributed by atoms with Gasteiger partial charge < -0.3 is 19.6 Å². The van der Waals surface area contributed by atoms with Gasteiger partial charge >= 0.3 is 0 Å². The molecular formula is C96H62N4. The van der Waals surface area contributed by atoms with Crippen LogP contribution in [0.4, 0.5) is 68.2 Å². The fourth-order valence-corrected chi connectivity index (χ4v) is 15.9. The zero-order valence-corrected chi connectivity index (χ0v) is 54.6. The second kappa shape index (κ2) is 23.2. The molecule has 0 aliphatic carbocycles. The Kier molecular flexibility index (Phi) is 13.2. The molecule has 0 saturated heterocycles. The van der Waals surface area contributed by atoms with E-state index in [9.17, 15) is 0 Å². The first-order valence-corrected chi connectivity index (χ1v) is 34.4. The summed E-state index contributed by atoms with van der Waals surface area (Å²) in [6.07, 6.45) is 0. The van der Waals surface area contributed by atoms with E-state index in [1.165, 1.54) is 43.1 Å². The zero-order valence-electron chi connectivity index (χ0n) is 54.6. The van der Waals surface area contributed by atoms with Gasteiger partial charge in [-0.2, -0.15) is 0 Å². The van der Waals surface area contributed by atoms with Crippen molar-refractivity contribution in [3.05, 3.63) is 376 Å². The molecule has 0 aromatic heterocycles. The van der Waals surface area contributed by atoms with Gasteiger partial charge in [-0.05, 0) is 195 Å². The summed E-state index contributed by atoms with van der Waals surface area (Å²) < 4.78 is 0. The van der Waals surface area contributed by atoms with Crippen LogP contribution in [-0.4, -0.2) is 0 Å². The Morgan fingerprint density at radius 3 is 0.410 bits per heavy atom. The average Bonchev–Trinajstić information content (AvgIpc) is 0.698. The fourth-order valence-electron chi connectivity index (χ4n) is 15.9. The quantitative estimate of drug-likeness (QED) is 0.113. The summed E-state index contributed by atoms with van der Waals surface area (Å²) in [5, 5.41) is 25.5. The molecule has 20 aromatic carbocycles. The normalized spacial score (nSPS) is 11.8. The summed E-state index contributed by atoms with van der Waals surface area (Å²) in [5.74, 6) is 0. The first kappa shape index (κ1) is 57.0. The number of hydrogen-bond acceptors (Lipinski definition) is 4. The SMILES string of the molecule is c1ccc2cc(N(c3ccc4ccccc4c3)c3cc(N(c4ccc5ccccc5c4)c4ccc5ccccc5c4)c4ccc5c(N(c6ccc7ccccc7c6)c6ccc7ccccc7c6)cc(N(c6ccc7ccccc7c6)c6ccc7ccccc7c6)c6ccc3c4c65)ccc2c1. The van der Waals surface area contributed by atoms with Crippen LogP contribution >= 0.6 is 0 Å². The van der Waals surface area contributed by atoms with Crippen molar-refractivity contribution >= 4 is 187 Å². The molecule has 20 aromatic rings. The molecule has 4 heteroatoms. The molecule has 20 rings (SSSR count). The largest absolute Gasteiger partial charge is 0.310 e. The van der Waals surface area contributed by atoms with E-state index in [1.54, 1.807) is 0 Å². The van der Waals surface area contributed by atoms with Crippen molar-refractivity contribution in [3.8, 4) is 0 Å². The van der Waals surface area contributed by atoms with Gasteiger partial charge in [-0.3, -0.25) is 0 Å². The van der Waals surface area contributed by atoms with Gasteiger partial charge in [0.1, 0.15) is 0 Å². The highest BCUT2D eigenvalue weighted by Gasteiger charge is 2.30. The molecule has 4 nitrogen and oxygen atoms in total. The molecule has 0 N–H and O–H groups in total. The minimum atomic E-state index is 1.04. The van der Waals surface area contributed by atoms with Crippen molar-refractivity contribution in [2.75, 3.05) is 19.6 Å². The predicted octanol–water partition coefficient (Wildman–Crippen LogP) is 27.7. The van der Waals surface area contributed by atoms with E-state index in [0.29, 0.717) is 0 Å². The highest BCUT2D eigenvalue weighted by Crippen LogP contribution is 2.56. The highest BCUT2D eigenvalue weighted by atomic mass is 15.2. The molecule has 0 atom stereocenters. The molecule has 100 heavy (non-hydrogen) atoms. The third kappa shape index (κ3) is 9.60. The first-order chi connectivity index (χ1) is 49.5. The van der Waals surface area contributed by atoms with Crippen LogP contribution < -0.4 is 19.6 Å². The lowest BCUT2D eigenvalue weighted by atomic mass is 9.88. The maximum Gasteiger partial charge on any atom is 0.0561 e. The monoisotopic (exact) mass is 1270 g/mol. The molecule has 0 unspecified atom stereocenters. The minimum Gasteiger partial charge on any atom is -0.310 e. The third-order valence-corrected chi connectivity index (χ3v) is 20.7. The van der Waals surface area contributed by atoms with Gasteiger partial charge in [0.15, 0.2) is 0 Å². The molecular weight excluding hydrogens is 1210 g/mol. The average molecular weight is 1270 g/mol. The van der Waals surface area contributed by atoms with Gasteiger partial charge in [-0.25, -0.2) is 0 Å². The van der Waals surface area contributed by atoms with Crippen LogP contribution in [0.5, 0.6) is 0 Å². The van der Waals surface area contributed by atoms with E-state index in [0.717, 1.165) is 144 Å². The molecule has 466 valence electrons. The van der Waals surface area contributed by atoms with Crippen molar-refractivity contribution in [1.29, 1.82) is 0 Å². The summed E-state index contributed by atoms with van der Waals surface area (Å²) in [7, 11) is 0. The third-order valence-electron chi connectivity index (χ3n) is 20.7. The van der Waals surface area contributed by atoms with Crippen molar-refractivity contribution < 1.29 is 0 Å². The van der Waals surface area contributed by atoms with Crippen LogP contribution in [0.25, 0.3) is 118 Å². The molecule has 0 saturated carbocycles. The Morgan fingerprint density at radius 2 is 0.260 bits per heavy atom. The highest BCUT2D eigenvalue weighted by molar-refractivity contribution is 6.33. The molecule has 0 amide bonds. The van der Waals surface area contributed by atoms with Crippen LogP contribution in [-0.2, 0) is 0 Å². The Morgan fingerprint density at radius 1 is 0.120 bits per heavy atom. The van der Waals surface area contributed by atoms with E-state index < -0.39 is 0 Å². The number of anilines is 12. The first-order valence-electron chi connectivity index (χ1n) is 34.4. The van der Waals surface area contributed by atoms with E-state index >= 15 is 0 Å². The van der Waals surface area contributed by atoms with E-state index in [2.05, 4.69) is 396 Å². The summed E-state index contributed by atoms with van der Waals surface area (Å²) in [4.78, 5) is 10.1. The molecule has 0 aliphatic heterocycles. The molecule has 0 fully saturated rings. The number of rotatable bonds is 12. The predicted molar refractivity (Wildman–Crippen MR) is 429 cm³/mol. The van der Waals surface area contributed by atoms with Gasteiger partial charge in [-0.15, -0.1) is 0 Å². The Hall–Kier alpha value is -13.3. The van der Waals surface area contributed by atoms with Crippen LogP contribution in [0.15, 0.2) is 376 Å². The minimum absolute atomic E-state index is 1.04. The second-order valence-corrected chi connectivity index (χ2v) is 26.5. The number of nitrogens with zero attached hydrogens (tertiary/aromatic N) is 4. The van der Waals surface area contributed by atoms with Gasteiger partial charge in [-0.1, -0.05) is 267 Å². The number of hydrogen-bond donors (Lipinski definition) is 0. The van der Waals surface area contributed by atoms with Gasteiger partial charge in [0, 0.05) is 77.8 Å². The maximum absolute atomic E-state index is 2.53. The van der Waals surface area contributed by atoms with Crippen LogP contribution in [0.1, 0.15) is 0 Å². The second-order valence-electron chi connectivity index (χ2n) is 26.5. The number of benzene rings is 20. The topological polar surface area (TPSA) is 13.0 Å². The molecule has 0 radical (unpaired) electrons. The lowest BCUT2D eigenvalue weighted by Crippen LogP contribution is -2.16. The van der Waals surface area contributed by atoms with Gasteiger partial charge in [0.25, 0.3) is 0 Å². The van der Waals surface area contributed by atoms with E-state index in [4.69, 9.17) is 0 Å². The van der Waals surface area contributed by atoms with Crippen LogP contribution in [0.3, 0.4) is 0 Å². The van der Waals surface area contributed by atoms with Crippen molar-refractivity contribution in [3.63, 3.8) is 0 Å². The number of fused-ring (bicyclic) bond motifs is 8. The lowest BCUT2D eigenvalue weighted by molar-refractivity contribution is 1.27.